The topological polar surface area (TPSA) is 207 Å². The number of aromatic amines is 1. The molecule has 9 N–H and O–H groups in total. The molecule has 1 aromatic heterocycles. The molecule has 0 fully saturated rings. The van der Waals surface area contributed by atoms with Gasteiger partial charge < -0.3 is 42.0 Å². The number of hydrogen-bond donors (Lipinski definition) is 8. The van der Waals surface area contributed by atoms with E-state index in [9.17, 15) is 29.4 Å². The minimum Gasteiger partial charge on any atom is -0.480 e. The van der Waals surface area contributed by atoms with E-state index in [0.717, 1.165) is 10.9 Å². The largest absolute Gasteiger partial charge is 0.480 e. The number of carbonyl (C=O) groups excluding carboxylic acids is 3. The molecule has 12 nitrogen and oxygen atoms in total. The molecule has 0 spiro atoms. The van der Waals surface area contributed by atoms with Gasteiger partial charge in [0.2, 0.25) is 17.7 Å². The van der Waals surface area contributed by atoms with E-state index in [4.69, 9.17) is 10.8 Å². The standard InChI is InChI=1S/C24H35N5O7/c1-4-12(2)19(28-21(32)16(25)11-30)22(33)29-20(13(3)31)23(34)27-18(24(35)36)9-14-10-26-17-8-6-5-7-15(14)17/h5-8,10,12-13,16,18-20,26,30-31H,4,9,11,25H2,1-3H3,(H,27,34)(H,28,32)(H,29,33)(H,35,36). The van der Waals surface area contributed by atoms with Crippen molar-refractivity contribution < 1.29 is 34.5 Å². The molecule has 0 aliphatic heterocycles. The third-order valence-corrected chi connectivity index (χ3v) is 6.10. The fraction of sp³-hybridized carbons (Fsp3) is 0.500. The zero-order chi connectivity index (χ0) is 27.0. The fourth-order valence-electron chi connectivity index (χ4n) is 3.68. The van der Waals surface area contributed by atoms with E-state index in [-0.39, 0.29) is 12.3 Å². The third-order valence-electron chi connectivity index (χ3n) is 6.10. The Hall–Kier alpha value is -3.48. The van der Waals surface area contributed by atoms with E-state index in [1.165, 1.54) is 6.92 Å². The van der Waals surface area contributed by atoms with Gasteiger partial charge >= 0.3 is 5.97 Å². The number of hydrogen-bond acceptors (Lipinski definition) is 7. The van der Waals surface area contributed by atoms with Crippen molar-refractivity contribution in [3.05, 3.63) is 36.0 Å². The van der Waals surface area contributed by atoms with Crippen LogP contribution in [-0.4, -0.2) is 80.9 Å². The van der Waals surface area contributed by atoms with Crippen LogP contribution in [0.2, 0.25) is 0 Å². The number of carbonyl (C=O) groups is 4. The van der Waals surface area contributed by atoms with E-state index < -0.39 is 60.6 Å². The second kappa shape index (κ2) is 13.0. The van der Waals surface area contributed by atoms with Crippen LogP contribution in [0.5, 0.6) is 0 Å². The molecule has 6 atom stereocenters. The molecule has 1 aromatic carbocycles. The molecule has 6 unspecified atom stereocenters. The number of fused-ring (bicyclic) bond motifs is 1. The summed E-state index contributed by atoms with van der Waals surface area (Å²) < 4.78 is 0. The molecule has 2 rings (SSSR count). The molecule has 1 heterocycles. The van der Waals surface area contributed by atoms with E-state index in [1.807, 2.05) is 24.3 Å². The first-order valence-corrected chi connectivity index (χ1v) is 11.7. The highest BCUT2D eigenvalue weighted by molar-refractivity contribution is 5.94. The molecule has 0 saturated heterocycles. The highest BCUT2D eigenvalue weighted by atomic mass is 16.4. The van der Waals surface area contributed by atoms with Crippen LogP contribution < -0.4 is 21.7 Å². The quantitative estimate of drug-likeness (QED) is 0.169. The lowest BCUT2D eigenvalue weighted by atomic mass is 9.97. The number of aliphatic carboxylic acids is 1. The molecule has 3 amide bonds. The number of aliphatic hydroxyl groups is 2. The minimum atomic E-state index is -1.49. The summed E-state index contributed by atoms with van der Waals surface area (Å²) in [6.45, 7) is 4.16. The van der Waals surface area contributed by atoms with Crippen molar-refractivity contribution in [3.8, 4) is 0 Å². The SMILES string of the molecule is CCC(C)C(NC(=O)C(N)CO)C(=O)NC(C(=O)NC(Cc1c[nH]c2ccccc12)C(=O)O)C(C)O. The Kier molecular flexibility index (Phi) is 10.4. The summed E-state index contributed by atoms with van der Waals surface area (Å²) in [5.74, 6) is -4.06. The van der Waals surface area contributed by atoms with Crippen LogP contribution in [-0.2, 0) is 25.6 Å². The lowest BCUT2D eigenvalue weighted by Crippen LogP contribution is -2.61. The summed E-state index contributed by atoms with van der Waals surface area (Å²) in [7, 11) is 0. The number of carboxylic acid groups (broad SMARTS) is 1. The normalized spacial score (nSPS) is 16.3. The number of nitrogens with two attached hydrogens (primary N) is 1. The van der Waals surface area contributed by atoms with Gasteiger partial charge in [0.25, 0.3) is 0 Å². The minimum absolute atomic E-state index is 0.0316. The average molecular weight is 506 g/mol. The molecule has 12 heteroatoms. The van der Waals surface area contributed by atoms with E-state index >= 15 is 0 Å². The van der Waals surface area contributed by atoms with Crippen LogP contribution in [0, 0.1) is 5.92 Å². The maximum Gasteiger partial charge on any atom is 0.326 e. The number of aliphatic hydroxyl groups excluding tert-OH is 2. The van der Waals surface area contributed by atoms with Gasteiger partial charge in [0.1, 0.15) is 24.2 Å². The van der Waals surface area contributed by atoms with Gasteiger partial charge in [0, 0.05) is 23.5 Å². The highest BCUT2D eigenvalue weighted by Crippen LogP contribution is 2.19. The molecule has 0 radical (unpaired) electrons. The number of para-hydroxylation sites is 1. The Labute approximate surface area is 208 Å². The zero-order valence-electron chi connectivity index (χ0n) is 20.5. The average Bonchev–Trinajstić information content (AvgIpc) is 3.26. The van der Waals surface area contributed by atoms with E-state index in [2.05, 4.69) is 20.9 Å². The summed E-state index contributed by atoms with van der Waals surface area (Å²) >= 11 is 0. The molecular weight excluding hydrogens is 470 g/mol. The van der Waals surface area contributed by atoms with E-state index in [0.29, 0.717) is 12.0 Å². The van der Waals surface area contributed by atoms with Gasteiger partial charge in [-0.25, -0.2) is 4.79 Å². The van der Waals surface area contributed by atoms with Crippen LogP contribution in [0.3, 0.4) is 0 Å². The highest BCUT2D eigenvalue weighted by Gasteiger charge is 2.34. The Bertz CT molecular complexity index is 1070. The molecule has 198 valence electrons. The lowest BCUT2D eigenvalue weighted by molar-refractivity contribution is -0.143. The van der Waals surface area contributed by atoms with Crippen molar-refractivity contribution in [1.82, 2.24) is 20.9 Å². The summed E-state index contributed by atoms with van der Waals surface area (Å²) in [6, 6.07) is 2.16. The summed E-state index contributed by atoms with van der Waals surface area (Å²) in [5.41, 5.74) is 7.01. The fourth-order valence-corrected chi connectivity index (χ4v) is 3.68. The monoisotopic (exact) mass is 505 g/mol. The van der Waals surface area contributed by atoms with Gasteiger partial charge in [-0.05, 0) is 24.5 Å². The van der Waals surface area contributed by atoms with Crippen LogP contribution in [0.4, 0.5) is 0 Å². The first-order valence-electron chi connectivity index (χ1n) is 11.7. The predicted octanol–water partition coefficient (Wildman–Crippen LogP) is -1.00. The van der Waals surface area contributed by atoms with Crippen LogP contribution in [0.1, 0.15) is 32.8 Å². The molecule has 36 heavy (non-hydrogen) atoms. The number of amides is 3. The van der Waals surface area contributed by atoms with Gasteiger partial charge in [-0.1, -0.05) is 38.5 Å². The van der Waals surface area contributed by atoms with Gasteiger partial charge in [0.15, 0.2) is 0 Å². The lowest BCUT2D eigenvalue weighted by Gasteiger charge is -2.28. The molecule has 0 aliphatic rings. The van der Waals surface area contributed by atoms with Crippen molar-refractivity contribution in [3.63, 3.8) is 0 Å². The van der Waals surface area contributed by atoms with Crippen molar-refractivity contribution in [2.45, 2.75) is 63.9 Å². The number of carboxylic acids is 1. The maximum atomic E-state index is 13.0. The molecule has 2 aromatic rings. The number of benzene rings is 1. The van der Waals surface area contributed by atoms with Crippen molar-refractivity contribution in [1.29, 1.82) is 0 Å². The van der Waals surface area contributed by atoms with Crippen molar-refractivity contribution >= 4 is 34.6 Å². The van der Waals surface area contributed by atoms with Gasteiger partial charge in [-0.3, -0.25) is 14.4 Å². The zero-order valence-corrected chi connectivity index (χ0v) is 20.5. The van der Waals surface area contributed by atoms with Crippen LogP contribution >= 0.6 is 0 Å². The number of H-pyrrole nitrogens is 1. The molecule has 0 aliphatic carbocycles. The predicted molar refractivity (Wildman–Crippen MR) is 132 cm³/mol. The van der Waals surface area contributed by atoms with Gasteiger partial charge in [-0.15, -0.1) is 0 Å². The van der Waals surface area contributed by atoms with E-state index in [1.54, 1.807) is 20.0 Å². The number of rotatable bonds is 13. The maximum absolute atomic E-state index is 13.0. The Morgan fingerprint density at radius 2 is 1.61 bits per heavy atom. The van der Waals surface area contributed by atoms with Gasteiger partial charge in [-0.2, -0.15) is 0 Å². The Morgan fingerprint density at radius 1 is 1.00 bits per heavy atom. The Morgan fingerprint density at radius 3 is 2.19 bits per heavy atom. The number of nitrogens with one attached hydrogen (secondary N) is 4. The van der Waals surface area contributed by atoms with Gasteiger partial charge in [0.05, 0.1) is 12.7 Å². The van der Waals surface area contributed by atoms with Crippen molar-refractivity contribution in [2.75, 3.05) is 6.61 Å². The molecule has 0 bridgehead atoms. The first-order chi connectivity index (χ1) is 17.0. The second-order valence-electron chi connectivity index (χ2n) is 8.85. The third kappa shape index (κ3) is 7.26. The van der Waals surface area contributed by atoms with Crippen LogP contribution in [0.15, 0.2) is 30.5 Å². The Balaban J connectivity index is 2.17. The molecule has 0 saturated carbocycles. The smallest absolute Gasteiger partial charge is 0.326 e. The molecular formula is C24H35N5O7. The summed E-state index contributed by atoms with van der Waals surface area (Å²) in [4.78, 5) is 53.1. The first kappa shape index (κ1) is 28.8. The van der Waals surface area contributed by atoms with Crippen LogP contribution in [0.25, 0.3) is 10.9 Å². The second-order valence-corrected chi connectivity index (χ2v) is 8.85. The van der Waals surface area contributed by atoms with Crippen molar-refractivity contribution in [2.24, 2.45) is 11.7 Å². The summed E-state index contributed by atoms with van der Waals surface area (Å²) in [6.07, 6.45) is 0.751. The number of aromatic nitrogens is 1. The summed E-state index contributed by atoms with van der Waals surface area (Å²) in [5, 5.41) is 37.1.